The maximum absolute atomic E-state index is 12.8. The average Bonchev–Trinajstić information content (AvgIpc) is 2.39. The smallest absolute Gasteiger partial charge is 0.127 e. The molecule has 0 aromatic heterocycles. The van der Waals surface area contributed by atoms with Gasteiger partial charge in [0.25, 0.3) is 0 Å². The SMILES string of the molecule is Cc1cc(Br)cc(CCl)c1OCc1ccc(F)cc1. The third kappa shape index (κ3) is 3.71. The van der Waals surface area contributed by atoms with Crippen molar-refractivity contribution in [3.8, 4) is 5.75 Å². The molecule has 0 aliphatic rings. The van der Waals surface area contributed by atoms with E-state index in [1.807, 2.05) is 19.1 Å². The molecule has 0 spiro atoms. The molecule has 2 aromatic rings. The van der Waals surface area contributed by atoms with Crippen LogP contribution in [0.15, 0.2) is 40.9 Å². The van der Waals surface area contributed by atoms with Crippen LogP contribution in [0, 0.1) is 12.7 Å². The van der Waals surface area contributed by atoms with Crippen molar-refractivity contribution < 1.29 is 9.13 Å². The molecule has 0 heterocycles. The molecule has 0 atom stereocenters. The predicted molar refractivity (Wildman–Crippen MR) is 79.2 cm³/mol. The van der Waals surface area contributed by atoms with Crippen molar-refractivity contribution in [1.82, 2.24) is 0 Å². The van der Waals surface area contributed by atoms with Gasteiger partial charge in [0.2, 0.25) is 0 Å². The highest BCUT2D eigenvalue weighted by atomic mass is 79.9. The highest BCUT2D eigenvalue weighted by molar-refractivity contribution is 9.10. The van der Waals surface area contributed by atoms with Crippen molar-refractivity contribution in [3.05, 3.63) is 63.4 Å². The number of halogens is 3. The summed E-state index contributed by atoms with van der Waals surface area (Å²) < 4.78 is 19.6. The van der Waals surface area contributed by atoms with Crippen LogP contribution in [-0.4, -0.2) is 0 Å². The standard InChI is InChI=1S/C15H13BrClFO/c1-10-6-13(16)7-12(8-17)15(10)19-9-11-2-4-14(18)5-3-11/h2-7H,8-9H2,1H3. The van der Waals surface area contributed by atoms with Gasteiger partial charge in [0, 0.05) is 10.0 Å². The van der Waals surface area contributed by atoms with Crippen molar-refractivity contribution in [1.29, 1.82) is 0 Å². The molecular weight excluding hydrogens is 331 g/mol. The Kier molecular flexibility index (Phi) is 4.83. The van der Waals surface area contributed by atoms with Crippen LogP contribution in [0.3, 0.4) is 0 Å². The largest absolute Gasteiger partial charge is 0.488 e. The van der Waals surface area contributed by atoms with Gasteiger partial charge in [0.1, 0.15) is 18.2 Å². The number of hydrogen-bond donors (Lipinski definition) is 0. The van der Waals surface area contributed by atoms with E-state index in [1.165, 1.54) is 12.1 Å². The average molecular weight is 344 g/mol. The third-order valence-corrected chi connectivity index (χ3v) is 3.50. The normalized spacial score (nSPS) is 10.5. The fraction of sp³-hybridized carbons (Fsp3) is 0.200. The lowest BCUT2D eigenvalue weighted by Gasteiger charge is -2.13. The van der Waals surface area contributed by atoms with Crippen LogP contribution in [-0.2, 0) is 12.5 Å². The molecular formula is C15H13BrClFO. The number of rotatable bonds is 4. The quantitative estimate of drug-likeness (QED) is 0.692. The van der Waals surface area contributed by atoms with E-state index in [1.54, 1.807) is 12.1 Å². The zero-order chi connectivity index (χ0) is 13.8. The summed E-state index contributed by atoms with van der Waals surface area (Å²) in [6, 6.07) is 10.2. The lowest BCUT2D eigenvalue weighted by Crippen LogP contribution is -2.00. The van der Waals surface area contributed by atoms with E-state index in [-0.39, 0.29) is 5.82 Å². The van der Waals surface area contributed by atoms with Gasteiger partial charge in [-0.05, 0) is 42.3 Å². The molecule has 2 rings (SSSR count). The Hall–Kier alpha value is -1.06. The first kappa shape index (κ1) is 14.4. The summed E-state index contributed by atoms with van der Waals surface area (Å²) in [5.74, 6) is 0.937. The molecule has 0 aliphatic carbocycles. The summed E-state index contributed by atoms with van der Waals surface area (Å²) >= 11 is 9.36. The van der Waals surface area contributed by atoms with Gasteiger partial charge in [-0.3, -0.25) is 0 Å². The lowest BCUT2D eigenvalue weighted by atomic mass is 10.1. The maximum Gasteiger partial charge on any atom is 0.127 e. The van der Waals surface area contributed by atoms with E-state index in [0.29, 0.717) is 12.5 Å². The Balaban J connectivity index is 2.17. The monoisotopic (exact) mass is 342 g/mol. The van der Waals surface area contributed by atoms with Gasteiger partial charge in [-0.25, -0.2) is 4.39 Å². The molecule has 0 saturated carbocycles. The van der Waals surface area contributed by atoms with E-state index in [0.717, 1.165) is 26.9 Å². The summed E-state index contributed by atoms with van der Waals surface area (Å²) in [7, 11) is 0. The molecule has 0 bridgehead atoms. The lowest BCUT2D eigenvalue weighted by molar-refractivity contribution is 0.301. The number of benzene rings is 2. The van der Waals surface area contributed by atoms with E-state index in [4.69, 9.17) is 16.3 Å². The second kappa shape index (κ2) is 6.40. The number of hydrogen-bond acceptors (Lipinski definition) is 1. The highest BCUT2D eigenvalue weighted by Crippen LogP contribution is 2.30. The molecule has 0 fully saturated rings. The number of aryl methyl sites for hydroxylation is 1. The van der Waals surface area contributed by atoms with Gasteiger partial charge in [-0.15, -0.1) is 11.6 Å². The first-order valence-corrected chi connectivity index (χ1v) is 7.15. The first-order valence-electron chi connectivity index (χ1n) is 5.82. The Labute approximate surface area is 125 Å². The van der Waals surface area contributed by atoms with Gasteiger partial charge < -0.3 is 4.74 Å². The molecule has 0 N–H and O–H groups in total. The molecule has 4 heteroatoms. The third-order valence-electron chi connectivity index (χ3n) is 2.76. The highest BCUT2D eigenvalue weighted by Gasteiger charge is 2.08. The van der Waals surface area contributed by atoms with Crippen LogP contribution in [0.2, 0.25) is 0 Å². The predicted octanol–water partition coefficient (Wildman–Crippen LogP) is 5.21. The summed E-state index contributed by atoms with van der Waals surface area (Å²) in [6.07, 6.45) is 0. The maximum atomic E-state index is 12.8. The van der Waals surface area contributed by atoms with E-state index >= 15 is 0 Å². The van der Waals surface area contributed by atoms with Crippen molar-refractivity contribution in [2.45, 2.75) is 19.4 Å². The van der Waals surface area contributed by atoms with Gasteiger partial charge >= 0.3 is 0 Å². The van der Waals surface area contributed by atoms with Gasteiger partial charge in [0.05, 0.1) is 5.88 Å². The van der Waals surface area contributed by atoms with Gasteiger partial charge in [-0.2, -0.15) is 0 Å². The van der Waals surface area contributed by atoms with Crippen molar-refractivity contribution >= 4 is 27.5 Å². The topological polar surface area (TPSA) is 9.23 Å². The number of alkyl halides is 1. The van der Waals surface area contributed by atoms with E-state index in [2.05, 4.69) is 15.9 Å². The fourth-order valence-corrected chi connectivity index (χ4v) is 2.66. The van der Waals surface area contributed by atoms with Crippen LogP contribution in [0.4, 0.5) is 4.39 Å². The second-order valence-corrected chi connectivity index (χ2v) is 5.44. The minimum absolute atomic E-state index is 0.245. The van der Waals surface area contributed by atoms with Crippen LogP contribution < -0.4 is 4.74 Å². The number of ether oxygens (including phenoxy) is 1. The Morgan fingerprint density at radius 3 is 2.53 bits per heavy atom. The Bertz CT molecular complexity index is 569. The molecule has 100 valence electrons. The molecule has 2 aromatic carbocycles. The van der Waals surface area contributed by atoms with Crippen LogP contribution >= 0.6 is 27.5 Å². The fourth-order valence-electron chi connectivity index (χ4n) is 1.84. The zero-order valence-electron chi connectivity index (χ0n) is 10.4. The molecule has 0 amide bonds. The van der Waals surface area contributed by atoms with Crippen LogP contribution in [0.5, 0.6) is 5.75 Å². The summed E-state index contributed by atoms with van der Waals surface area (Å²) in [6.45, 7) is 2.37. The first-order chi connectivity index (χ1) is 9.10. The van der Waals surface area contributed by atoms with E-state index < -0.39 is 0 Å². The van der Waals surface area contributed by atoms with Crippen molar-refractivity contribution in [2.75, 3.05) is 0 Å². The minimum atomic E-state index is -0.245. The summed E-state index contributed by atoms with van der Waals surface area (Å²) in [5.41, 5.74) is 2.88. The summed E-state index contributed by atoms with van der Waals surface area (Å²) in [4.78, 5) is 0. The summed E-state index contributed by atoms with van der Waals surface area (Å²) in [5, 5.41) is 0. The van der Waals surface area contributed by atoms with Crippen molar-refractivity contribution in [3.63, 3.8) is 0 Å². The molecule has 0 aliphatic heterocycles. The van der Waals surface area contributed by atoms with Gasteiger partial charge in [0.15, 0.2) is 0 Å². The molecule has 0 unspecified atom stereocenters. The van der Waals surface area contributed by atoms with Crippen molar-refractivity contribution in [2.24, 2.45) is 0 Å². The minimum Gasteiger partial charge on any atom is -0.488 e. The Morgan fingerprint density at radius 2 is 1.89 bits per heavy atom. The zero-order valence-corrected chi connectivity index (χ0v) is 12.8. The second-order valence-electron chi connectivity index (χ2n) is 4.26. The molecule has 1 nitrogen and oxygen atoms in total. The van der Waals surface area contributed by atoms with Crippen LogP contribution in [0.25, 0.3) is 0 Å². The molecule has 19 heavy (non-hydrogen) atoms. The molecule has 0 saturated heterocycles. The van der Waals surface area contributed by atoms with Crippen LogP contribution in [0.1, 0.15) is 16.7 Å². The van der Waals surface area contributed by atoms with E-state index in [9.17, 15) is 4.39 Å². The Morgan fingerprint density at radius 1 is 1.21 bits per heavy atom. The molecule has 0 radical (unpaired) electrons. The van der Waals surface area contributed by atoms with Gasteiger partial charge in [-0.1, -0.05) is 28.1 Å².